The van der Waals surface area contributed by atoms with Crippen LogP contribution in [-0.4, -0.2) is 23.7 Å². The van der Waals surface area contributed by atoms with E-state index < -0.39 is 6.10 Å². The van der Waals surface area contributed by atoms with E-state index in [0.717, 1.165) is 10.0 Å². The van der Waals surface area contributed by atoms with E-state index in [-0.39, 0.29) is 12.1 Å². The Hall–Kier alpha value is -1.07. The number of amides is 2. The van der Waals surface area contributed by atoms with Gasteiger partial charge >= 0.3 is 6.03 Å². The fourth-order valence-corrected chi connectivity index (χ4v) is 1.85. The largest absolute Gasteiger partial charge is 0.386 e. The summed E-state index contributed by atoms with van der Waals surface area (Å²) in [5.41, 5.74) is 0.778. The zero-order chi connectivity index (χ0) is 14.4. The quantitative estimate of drug-likeness (QED) is 0.778. The van der Waals surface area contributed by atoms with Crippen molar-refractivity contribution < 1.29 is 9.90 Å². The van der Waals surface area contributed by atoms with Crippen LogP contribution in [0.2, 0.25) is 0 Å². The minimum atomic E-state index is -0.724. The Morgan fingerprint density at radius 1 is 1.26 bits per heavy atom. The van der Waals surface area contributed by atoms with Crippen LogP contribution >= 0.6 is 15.9 Å². The topological polar surface area (TPSA) is 61.4 Å². The molecule has 0 saturated carbocycles. The van der Waals surface area contributed by atoms with Crippen molar-refractivity contribution in [2.24, 2.45) is 5.92 Å². The lowest BCUT2D eigenvalue weighted by Crippen LogP contribution is -2.44. The van der Waals surface area contributed by atoms with Crippen molar-refractivity contribution in [2.45, 2.75) is 32.9 Å². The monoisotopic (exact) mass is 328 g/mol. The van der Waals surface area contributed by atoms with Crippen LogP contribution in [-0.2, 0) is 0 Å². The molecule has 0 fully saturated rings. The minimum absolute atomic E-state index is 0.252. The first-order valence-electron chi connectivity index (χ1n) is 6.38. The van der Waals surface area contributed by atoms with Crippen molar-refractivity contribution in [1.82, 2.24) is 10.6 Å². The van der Waals surface area contributed by atoms with E-state index >= 15 is 0 Å². The highest BCUT2D eigenvalue weighted by molar-refractivity contribution is 9.10. The third-order valence-electron chi connectivity index (χ3n) is 2.71. The summed E-state index contributed by atoms with van der Waals surface area (Å²) in [6.45, 7) is 6.45. The fourth-order valence-electron chi connectivity index (χ4n) is 1.58. The maximum Gasteiger partial charge on any atom is 0.315 e. The summed E-state index contributed by atoms with van der Waals surface area (Å²) < 4.78 is 0.957. The number of halogens is 1. The van der Waals surface area contributed by atoms with Gasteiger partial charge in [-0.25, -0.2) is 4.79 Å². The fraction of sp³-hybridized carbons (Fsp3) is 0.500. The Bertz CT molecular complexity index is 406. The van der Waals surface area contributed by atoms with E-state index in [2.05, 4.69) is 26.6 Å². The van der Waals surface area contributed by atoms with Crippen LogP contribution in [0.25, 0.3) is 0 Å². The maximum atomic E-state index is 11.6. The third kappa shape index (κ3) is 5.61. The summed E-state index contributed by atoms with van der Waals surface area (Å²) in [6, 6.07) is 6.79. The van der Waals surface area contributed by atoms with E-state index in [1.54, 1.807) is 6.92 Å². The van der Waals surface area contributed by atoms with Crippen LogP contribution in [0, 0.1) is 5.92 Å². The normalized spacial score (nSPS) is 14.0. The molecule has 1 aromatic carbocycles. The molecule has 0 saturated heterocycles. The lowest BCUT2D eigenvalue weighted by Gasteiger charge is -2.21. The summed E-state index contributed by atoms with van der Waals surface area (Å²) >= 11 is 3.34. The first-order chi connectivity index (χ1) is 8.90. The number of rotatable bonds is 5. The molecule has 1 rings (SSSR count). The molecule has 1 aromatic rings. The van der Waals surface area contributed by atoms with Crippen LogP contribution < -0.4 is 10.6 Å². The molecule has 2 amide bonds. The van der Waals surface area contributed by atoms with Gasteiger partial charge in [0.25, 0.3) is 0 Å². The first-order valence-corrected chi connectivity index (χ1v) is 7.17. The number of aliphatic hydroxyl groups is 1. The van der Waals surface area contributed by atoms with Gasteiger partial charge in [0.05, 0.1) is 12.1 Å². The molecule has 0 aliphatic carbocycles. The van der Waals surface area contributed by atoms with Gasteiger partial charge in [0.15, 0.2) is 0 Å². The minimum Gasteiger partial charge on any atom is -0.386 e. The highest BCUT2D eigenvalue weighted by Gasteiger charge is 2.18. The first kappa shape index (κ1) is 16.0. The van der Waals surface area contributed by atoms with E-state index in [9.17, 15) is 9.90 Å². The number of benzene rings is 1. The number of aliphatic hydroxyl groups excluding tert-OH is 1. The highest BCUT2D eigenvalue weighted by Crippen LogP contribution is 2.19. The summed E-state index contributed by atoms with van der Waals surface area (Å²) in [7, 11) is 0. The maximum absolute atomic E-state index is 11.6. The number of nitrogens with one attached hydrogen (secondary N) is 2. The van der Waals surface area contributed by atoms with Gasteiger partial charge in [0.2, 0.25) is 0 Å². The van der Waals surface area contributed by atoms with Crippen molar-refractivity contribution in [1.29, 1.82) is 0 Å². The van der Waals surface area contributed by atoms with Gasteiger partial charge < -0.3 is 15.7 Å². The van der Waals surface area contributed by atoms with Crippen molar-refractivity contribution in [3.63, 3.8) is 0 Å². The van der Waals surface area contributed by atoms with E-state index in [0.29, 0.717) is 12.5 Å². The Morgan fingerprint density at radius 3 is 2.37 bits per heavy atom. The lowest BCUT2D eigenvalue weighted by molar-refractivity contribution is 0.137. The summed E-state index contributed by atoms with van der Waals surface area (Å²) in [5.74, 6) is 0.400. The van der Waals surface area contributed by atoms with Gasteiger partial charge in [-0.15, -0.1) is 0 Å². The van der Waals surface area contributed by atoms with Gasteiger partial charge in [0, 0.05) is 11.0 Å². The van der Waals surface area contributed by atoms with Crippen LogP contribution in [0.1, 0.15) is 32.4 Å². The molecule has 0 aliphatic rings. The molecule has 106 valence electrons. The molecule has 3 N–H and O–H groups in total. The highest BCUT2D eigenvalue weighted by atomic mass is 79.9. The second-order valence-electron chi connectivity index (χ2n) is 5.03. The zero-order valence-electron chi connectivity index (χ0n) is 11.5. The predicted octanol–water partition coefficient (Wildman–Crippen LogP) is 2.83. The Balaban J connectivity index is 2.50. The lowest BCUT2D eigenvalue weighted by atomic mass is 10.0. The van der Waals surface area contributed by atoms with Gasteiger partial charge in [-0.1, -0.05) is 41.9 Å². The molecule has 0 bridgehead atoms. The smallest absolute Gasteiger partial charge is 0.315 e. The second-order valence-corrected chi connectivity index (χ2v) is 5.95. The molecule has 0 aliphatic heterocycles. The molecular weight excluding hydrogens is 308 g/mol. The van der Waals surface area contributed by atoms with Crippen molar-refractivity contribution in [2.75, 3.05) is 6.54 Å². The predicted molar refractivity (Wildman–Crippen MR) is 79.9 cm³/mol. The van der Waals surface area contributed by atoms with E-state index in [1.807, 2.05) is 38.1 Å². The molecular formula is C14H21BrN2O2. The van der Waals surface area contributed by atoms with Crippen molar-refractivity contribution in [3.8, 4) is 0 Å². The van der Waals surface area contributed by atoms with Crippen molar-refractivity contribution in [3.05, 3.63) is 34.3 Å². The number of hydrogen-bond acceptors (Lipinski definition) is 2. The van der Waals surface area contributed by atoms with Crippen LogP contribution in [0.4, 0.5) is 4.79 Å². The number of hydrogen-bond donors (Lipinski definition) is 3. The molecule has 2 unspecified atom stereocenters. The molecule has 4 nitrogen and oxygen atoms in total. The van der Waals surface area contributed by atoms with Gasteiger partial charge in [-0.2, -0.15) is 0 Å². The molecule has 0 spiro atoms. The summed E-state index contributed by atoms with van der Waals surface area (Å²) in [5, 5.41) is 15.6. The SMILES string of the molecule is CC(C)CNC(=O)NC(C)C(O)c1ccc(Br)cc1. The molecule has 0 aromatic heterocycles. The number of carbonyl (C=O) groups is 1. The van der Waals surface area contributed by atoms with E-state index in [1.165, 1.54) is 0 Å². The zero-order valence-corrected chi connectivity index (χ0v) is 13.1. The molecule has 2 atom stereocenters. The Kier molecular flexibility index (Phi) is 6.31. The van der Waals surface area contributed by atoms with Crippen LogP contribution in [0.3, 0.4) is 0 Å². The Labute approximate surface area is 122 Å². The van der Waals surface area contributed by atoms with Crippen LogP contribution in [0.15, 0.2) is 28.7 Å². The van der Waals surface area contributed by atoms with Crippen LogP contribution in [0.5, 0.6) is 0 Å². The third-order valence-corrected chi connectivity index (χ3v) is 3.24. The summed E-state index contributed by atoms with van der Waals surface area (Å²) in [6.07, 6.45) is -0.724. The molecule has 19 heavy (non-hydrogen) atoms. The average molecular weight is 329 g/mol. The van der Waals surface area contributed by atoms with Crippen molar-refractivity contribution >= 4 is 22.0 Å². The molecule has 0 radical (unpaired) electrons. The Morgan fingerprint density at radius 2 is 1.84 bits per heavy atom. The second kappa shape index (κ2) is 7.50. The average Bonchev–Trinajstić information content (AvgIpc) is 2.36. The summed E-state index contributed by atoms with van der Waals surface area (Å²) in [4.78, 5) is 11.6. The number of urea groups is 1. The molecule has 0 heterocycles. The van der Waals surface area contributed by atoms with Gasteiger partial charge in [-0.3, -0.25) is 0 Å². The number of carbonyl (C=O) groups excluding carboxylic acids is 1. The van der Waals surface area contributed by atoms with Gasteiger partial charge in [-0.05, 0) is 30.5 Å². The molecule has 5 heteroatoms. The standard InChI is InChI=1S/C14H21BrN2O2/c1-9(2)8-16-14(19)17-10(3)13(18)11-4-6-12(15)7-5-11/h4-7,9-10,13,18H,8H2,1-3H3,(H2,16,17,19). The van der Waals surface area contributed by atoms with E-state index in [4.69, 9.17) is 0 Å². The van der Waals surface area contributed by atoms with Gasteiger partial charge in [0.1, 0.15) is 0 Å².